The second-order valence-electron chi connectivity index (χ2n) is 8.03. The van der Waals surface area contributed by atoms with Crippen molar-refractivity contribution in [1.82, 2.24) is 0 Å². The Balaban J connectivity index is 1.95. The van der Waals surface area contributed by atoms with Crippen molar-refractivity contribution < 1.29 is 25.7 Å². The van der Waals surface area contributed by atoms with Gasteiger partial charge in [-0.05, 0) is 0 Å². The van der Waals surface area contributed by atoms with Gasteiger partial charge in [0, 0.05) is 0 Å². The summed E-state index contributed by atoms with van der Waals surface area (Å²) in [5.74, 6) is 0. The molecule has 160 valence electrons. The van der Waals surface area contributed by atoms with Crippen LogP contribution in [-0.2, 0) is 25.7 Å². The quantitative estimate of drug-likeness (QED) is 0.309. The van der Waals surface area contributed by atoms with Crippen molar-refractivity contribution in [3.05, 3.63) is 97.2 Å². The summed E-state index contributed by atoms with van der Waals surface area (Å²) in [6.45, 7) is 10.4. The summed E-state index contributed by atoms with van der Waals surface area (Å²) >= 11 is -3.30. The van der Waals surface area contributed by atoms with E-state index in [4.69, 9.17) is 0 Å². The molecule has 0 amide bonds. The first-order valence-electron chi connectivity index (χ1n) is 10.8. The van der Waals surface area contributed by atoms with Crippen LogP contribution in [0.1, 0.15) is 27.7 Å². The summed E-state index contributed by atoms with van der Waals surface area (Å²) in [7, 11) is 0. The van der Waals surface area contributed by atoms with Crippen molar-refractivity contribution in [2.45, 2.75) is 60.8 Å². The average molecular weight is 472 g/mol. The summed E-state index contributed by atoms with van der Waals surface area (Å²) in [5, 5.41) is 2.62. The molecule has 29 heavy (non-hydrogen) atoms. The van der Waals surface area contributed by atoms with Gasteiger partial charge in [0.05, 0.1) is 0 Å². The van der Waals surface area contributed by atoms with E-state index >= 15 is 0 Å². The standard InChI is InChI=1S/4C5H5.C3H6.2C2H5.2Fe/c4*1-2-4-5-3-1;1-3-2;2*1-2;;/h4*1-5H;1-2H3;2*1H2,2H3;;. The van der Waals surface area contributed by atoms with Crippen LogP contribution in [0.5, 0.6) is 0 Å². The molecule has 2 heteroatoms. The summed E-state index contributed by atoms with van der Waals surface area (Å²) in [6.07, 6.45) is 38.6. The summed E-state index contributed by atoms with van der Waals surface area (Å²) in [4.78, 5) is 2.44. The average Bonchev–Trinajstić information content (AvgIpc) is 3.52. The van der Waals surface area contributed by atoms with E-state index < -0.39 is 25.7 Å². The van der Waals surface area contributed by atoms with Crippen molar-refractivity contribution in [2.75, 3.05) is 0 Å². The molecule has 0 aromatic carbocycles. The van der Waals surface area contributed by atoms with Gasteiger partial charge in [-0.25, -0.2) is 0 Å². The van der Waals surface area contributed by atoms with Crippen LogP contribution in [0.25, 0.3) is 0 Å². The summed E-state index contributed by atoms with van der Waals surface area (Å²) in [5.41, 5.74) is 0. The van der Waals surface area contributed by atoms with Crippen LogP contribution in [-0.4, -0.2) is 0 Å². The van der Waals surface area contributed by atoms with E-state index in [9.17, 15) is 0 Å². The van der Waals surface area contributed by atoms with Crippen molar-refractivity contribution in [3.63, 3.8) is 0 Å². The Morgan fingerprint density at radius 2 is 0.690 bits per heavy atom. The minimum atomic E-state index is -1.65. The maximum absolute atomic E-state index is 2.69. The molecule has 0 saturated heterocycles. The normalized spacial score (nSPS) is 23.6. The molecule has 4 aliphatic carbocycles. The van der Waals surface area contributed by atoms with Gasteiger partial charge in [-0.2, -0.15) is 0 Å². The summed E-state index contributed by atoms with van der Waals surface area (Å²) in [6, 6.07) is 0. The first-order chi connectivity index (χ1) is 14.0. The molecule has 0 aliphatic heterocycles. The molecular formula is C27H36Fe2. The SMILES string of the molecule is C[CH2][Fe]([CH]1C=CC=C1)([CH]1C=CC=C1)[C](C)(C)[Fe]([CH2]C)([CH]1C=CC=C1)[CH]1C=CC=C1. The molecule has 0 N–H and O–H groups in total. The third kappa shape index (κ3) is 2.99. The van der Waals surface area contributed by atoms with Crippen molar-refractivity contribution in [2.24, 2.45) is 0 Å². The number of hydrogen-bond acceptors (Lipinski definition) is 0. The van der Waals surface area contributed by atoms with E-state index in [1.807, 2.05) is 0 Å². The van der Waals surface area contributed by atoms with Crippen LogP contribution < -0.4 is 0 Å². The molecule has 0 radical (unpaired) electrons. The zero-order valence-corrected chi connectivity index (χ0v) is 20.4. The van der Waals surface area contributed by atoms with Crippen LogP contribution >= 0.6 is 0 Å². The zero-order chi connectivity index (χ0) is 20.5. The first-order valence-corrected chi connectivity index (χ1v) is 16.0. The van der Waals surface area contributed by atoms with E-state index in [1.165, 1.54) is 10.6 Å². The zero-order valence-electron chi connectivity index (χ0n) is 18.2. The van der Waals surface area contributed by atoms with Crippen molar-refractivity contribution in [1.29, 1.82) is 0 Å². The molecule has 0 bridgehead atoms. The first kappa shape index (κ1) is 21.2. The Kier molecular flexibility index (Phi) is 6.02. The van der Waals surface area contributed by atoms with Crippen LogP contribution in [0, 0.1) is 0 Å². The number of rotatable bonds is 8. The molecule has 0 fully saturated rings. The van der Waals surface area contributed by atoms with Gasteiger partial charge in [0.25, 0.3) is 0 Å². The molecule has 0 heterocycles. The maximum atomic E-state index is 2.69. The fraction of sp³-hybridized carbons (Fsp3) is 0.407. The number of allylic oxidation sites excluding steroid dienone is 16. The van der Waals surface area contributed by atoms with Crippen molar-refractivity contribution >= 4 is 0 Å². The fourth-order valence-corrected chi connectivity index (χ4v) is 24.6. The molecule has 0 spiro atoms. The molecule has 4 rings (SSSR count). The van der Waals surface area contributed by atoms with Gasteiger partial charge < -0.3 is 0 Å². The van der Waals surface area contributed by atoms with Gasteiger partial charge in [-0.3, -0.25) is 0 Å². The number of hydrogen-bond donors (Lipinski definition) is 0. The van der Waals surface area contributed by atoms with Crippen LogP contribution in [0.15, 0.2) is 97.2 Å². The van der Waals surface area contributed by atoms with Crippen molar-refractivity contribution in [3.8, 4) is 0 Å². The van der Waals surface area contributed by atoms with Crippen LogP contribution in [0.4, 0.5) is 0 Å². The molecule has 0 aromatic rings. The third-order valence-corrected chi connectivity index (χ3v) is 24.2. The van der Waals surface area contributed by atoms with E-state index in [-0.39, 0.29) is 0 Å². The topological polar surface area (TPSA) is 0 Å². The second kappa shape index (κ2) is 8.24. The molecular weight excluding hydrogens is 436 g/mol. The molecule has 0 atom stereocenters. The molecule has 0 unspecified atom stereocenters. The Morgan fingerprint density at radius 3 is 0.862 bits per heavy atom. The van der Waals surface area contributed by atoms with E-state index in [0.29, 0.717) is 22.5 Å². The van der Waals surface area contributed by atoms with E-state index in [0.717, 1.165) is 0 Å². The van der Waals surface area contributed by atoms with Crippen LogP contribution in [0.3, 0.4) is 0 Å². The predicted molar refractivity (Wildman–Crippen MR) is 123 cm³/mol. The molecule has 0 nitrogen and oxygen atoms in total. The van der Waals surface area contributed by atoms with Gasteiger partial charge in [0.2, 0.25) is 0 Å². The molecule has 0 saturated carbocycles. The third-order valence-electron chi connectivity index (χ3n) is 6.83. The van der Waals surface area contributed by atoms with Gasteiger partial charge in [-0.1, -0.05) is 0 Å². The van der Waals surface area contributed by atoms with Gasteiger partial charge in [0.1, 0.15) is 0 Å². The predicted octanol–water partition coefficient (Wildman–Crippen LogP) is 8.98. The van der Waals surface area contributed by atoms with E-state index in [1.54, 1.807) is 0 Å². The molecule has 0 aromatic heterocycles. The summed E-state index contributed by atoms with van der Waals surface area (Å²) < 4.78 is 0.324. The molecule has 4 aliphatic rings. The van der Waals surface area contributed by atoms with Crippen LogP contribution in [0.2, 0.25) is 33.1 Å². The second-order valence-corrected chi connectivity index (χ2v) is 20.3. The van der Waals surface area contributed by atoms with Gasteiger partial charge >= 0.3 is 184 Å². The van der Waals surface area contributed by atoms with Gasteiger partial charge in [-0.15, -0.1) is 0 Å². The Hall–Kier alpha value is -1.04. The fourth-order valence-electron chi connectivity index (χ4n) is 5.46. The Morgan fingerprint density at radius 1 is 0.483 bits per heavy atom. The Labute approximate surface area is 183 Å². The Bertz CT molecular complexity index is 685. The minimum absolute atomic E-state index is 0.324. The van der Waals surface area contributed by atoms with Gasteiger partial charge in [0.15, 0.2) is 0 Å². The monoisotopic (exact) mass is 472 g/mol. The van der Waals surface area contributed by atoms with E-state index in [2.05, 4.69) is 125 Å².